The molecule has 2 bridgehead atoms. The predicted molar refractivity (Wildman–Crippen MR) is 257 cm³/mol. The molecule has 5 aromatic carbocycles. The second kappa shape index (κ2) is 11.9. The third kappa shape index (κ3) is 4.91. The van der Waals surface area contributed by atoms with Crippen molar-refractivity contribution in [2.75, 3.05) is 4.90 Å². The smallest absolute Gasteiger partial charge is 0.0546 e. The van der Waals surface area contributed by atoms with Crippen molar-refractivity contribution in [3.8, 4) is 22.3 Å². The summed E-state index contributed by atoms with van der Waals surface area (Å²) in [7, 11) is 0. The van der Waals surface area contributed by atoms with Gasteiger partial charge >= 0.3 is 0 Å². The largest absolute Gasteiger partial charge is 0.310 e. The van der Waals surface area contributed by atoms with Gasteiger partial charge in [0, 0.05) is 22.4 Å². The molecule has 0 aromatic heterocycles. The number of benzene rings is 5. The van der Waals surface area contributed by atoms with Crippen molar-refractivity contribution in [3.05, 3.63) is 136 Å². The molecule has 5 aromatic rings. The molecule has 0 N–H and O–H groups in total. The maximum Gasteiger partial charge on any atom is 0.0546 e. The number of nitrogens with zero attached hydrogens (tertiary/aromatic N) is 1. The van der Waals surface area contributed by atoms with Crippen molar-refractivity contribution in [2.24, 2.45) is 29.1 Å². The van der Waals surface area contributed by atoms with E-state index in [0.717, 1.165) is 23.7 Å². The Morgan fingerprint density at radius 1 is 0.492 bits per heavy atom. The first-order valence-corrected chi connectivity index (χ1v) is 24.3. The van der Waals surface area contributed by atoms with Gasteiger partial charge in [0.15, 0.2) is 0 Å². The lowest BCUT2D eigenvalue weighted by molar-refractivity contribution is -0.231. The van der Waals surface area contributed by atoms with Crippen molar-refractivity contribution in [3.63, 3.8) is 0 Å². The summed E-state index contributed by atoms with van der Waals surface area (Å²) in [6.07, 6.45) is 10.7. The van der Waals surface area contributed by atoms with Gasteiger partial charge in [-0.25, -0.2) is 0 Å². The van der Waals surface area contributed by atoms with Gasteiger partial charge < -0.3 is 4.90 Å². The number of anilines is 3. The second-order valence-corrected chi connectivity index (χ2v) is 25.2. The standard InChI is InChI=1S/C60H69N/c1-54(2,3)38-18-16-37(17-19-38)43-33-48-44(42-14-12-13-15-45(42)60(48)52-29-36-28-39-30-53(60)59(39,52)35-36)34-51(43)61(40-20-22-46-49(31-40)57(8,9)26-24-55(46,4)5)41-21-23-47-50(32-41)58(10,11)27-25-56(47,6)7/h12-23,31-34,36,39,52-53H,24-30,35H2,1-11H3. The lowest BCUT2D eigenvalue weighted by atomic mass is 9.27. The summed E-state index contributed by atoms with van der Waals surface area (Å²) in [6.45, 7) is 26.8. The molecule has 0 amide bonds. The Balaban J connectivity index is 1.15. The van der Waals surface area contributed by atoms with Crippen LogP contribution in [0.15, 0.2) is 97.1 Å². The monoisotopic (exact) mass is 804 g/mol. The van der Waals surface area contributed by atoms with Crippen molar-refractivity contribution in [2.45, 2.75) is 160 Å². The molecule has 6 atom stereocenters. The topological polar surface area (TPSA) is 3.24 Å². The zero-order chi connectivity index (χ0) is 42.4. The fraction of sp³-hybridized carbons (Fsp3) is 0.500. The lowest BCUT2D eigenvalue weighted by Gasteiger charge is -2.76. The molecule has 1 nitrogen and oxygen atoms in total. The average Bonchev–Trinajstić information content (AvgIpc) is 3.85. The van der Waals surface area contributed by atoms with E-state index in [1.807, 2.05) is 0 Å². The minimum absolute atomic E-state index is 0.0905. The highest BCUT2D eigenvalue weighted by Crippen LogP contribution is 2.89. The van der Waals surface area contributed by atoms with Gasteiger partial charge in [0.05, 0.1) is 5.69 Å². The molecule has 0 aliphatic heterocycles. The van der Waals surface area contributed by atoms with Crippen molar-refractivity contribution >= 4 is 17.1 Å². The number of rotatable bonds is 4. The molecule has 1 heteroatoms. The summed E-state index contributed by atoms with van der Waals surface area (Å²) < 4.78 is 0. The van der Waals surface area contributed by atoms with Crippen LogP contribution in [-0.2, 0) is 32.5 Å². The van der Waals surface area contributed by atoms with Crippen LogP contribution in [0.2, 0.25) is 0 Å². The molecule has 7 aliphatic carbocycles. The molecular formula is C60H69N. The fourth-order valence-electron chi connectivity index (χ4n) is 15.8. The molecule has 6 unspecified atom stereocenters. The Bertz CT molecular complexity index is 2600. The van der Waals surface area contributed by atoms with Gasteiger partial charge in [0.1, 0.15) is 0 Å². The summed E-state index contributed by atoms with van der Waals surface area (Å²) in [5, 5.41) is 0. The molecule has 4 fully saturated rings. The van der Waals surface area contributed by atoms with Gasteiger partial charge in [0.2, 0.25) is 0 Å². The first kappa shape index (κ1) is 38.6. The van der Waals surface area contributed by atoms with Crippen LogP contribution in [-0.4, -0.2) is 0 Å². The van der Waals surface area contributed by atoms with E-state index in [2.05, 4.69) is 178 Å². The molecule has 0 heterocycles. The van der Waals surface area contributed by atoms with E-state index in [9.17, 15) is 0 Å². The van der Waals surface area contributed by atoms with Crippen molar-refractivity contribution in [1.29, 1.82) is 0 Å². The third-order valence-corrected chi connectivity index (χ3v) is 19.2. The molecule has 0 saturated heterocycles. The predicted octanol–water partition coefficient (Wildman–Crippen LogP) is 16.2. The number of fused-ring (bicyclic) bond motifs is 10. The molecule has 0 radical (unpaired) electrons. The highest BCUT2D eigenvalue weighted by Gasteiger charge is 2.84. The zero-order valence-electron chi connectivity index (χ0n) is 39.2. The highest BCUT2D eigenvalue weighted by molar-refractivity contribution is 5.96. The van der Waals surface area contributed by atoms with Crippen LogP contribution in [0.5, 0.6) is 0 Å². The first-order chi connectivity index (χ1) is 28.8. The third-order valence-electron chi connectivity index (χ3n) is 19.2. The molecule has 12 rings (SSSR count). The van der Waals surface area contributed by atoms with Crippen LogP contribution < -0.4 is 4.90 Å². The van der Waals surface area contributed by atoms with Crippen LogP contribution in [0.25, 0.3) is 22.3 Å². The summed E-state index contributed by atoms with van der Waals surface area (Å²) in [5.41, 5.74) is 21.7. The van der Waals surface area contributed by atoms with Gasteiger partial charge in [-0.05, 0) is 200 Å². The highest BCUT2D eigenvalue weighted by atomic mass is 15.1. The van der Waals surface area contributed by atoms with E-state index >= 15 is 0 Å². The van der Waals surface area contributed by atoms with E-state index in [1.54, 1.807) is 11.1 Å². The zero-order valence-corrected chi connectivity index (χ0v) is 39.2. The summed E-state index contributed by atoms with van der Waals surface area (Å²) in [5.74, 6) is 3.46. The average molecular weight is 804 g/mol. The van der Waals surface area contributed by atoms with Gasteiger partial charge in [-0.15, -0.1) is 0 Å². The number of hydrogen-bond donors (Lipinski definition) is 0. The van der Waals surface area contributed by atoms with Gasteiger partial charge in [0.25, 0.3) is 0 Å². The normalized spacial score (nSPS) is 30.7. The van der Waals surface area contributed by atoms with Gasteiger partial charge in [-0.2, -0.15) is 0 Å². The van der Waals surface area contributed by atoms with Crippen LogP contribution in [0.3, 0.4) is 0 Å². The summed E-state index contributed by atoms with van der Waals surface area (Å²) in [6, 6.07) is 40.1. The Morgan fingerprint density at radius 3 is 1.62 bits per heavy atom. The molecule has 7 aliphatic rings. The van der Waals surface area contributed by atoms with E-state index < -0.39 is 0 Å². The quantitative estimate of drug-likeness (QED) is 0.175. The molecule has 4 saturated carbocycles. The Hall–Kier alpha value is -4.10. The summed E-state index contributed by atoms with van der Waals surface area (Å²) >= 11 is 0. The fourth-order valence-corrected chi connectivity index (χ4v) is 15.8. The van der Waals surface area contributed by atoms with E-state index in [4.69, 9.17) is 0 Å². The van der Waals surface area contributed by atoms with E-state index in [-0.39, 0.29) is 32.5 Å². The minimum atomic E-state index is 0.0905. The van der Waals surface area contributed by atoms with Crippen LogP contribution in [0.1, 0.15) is 166 Å². The molecular weight excluding hydrogens is 735 g/mol. The number of hydrogen-bond acceptors (Lipinski definition) is 1. The Labute approximate surface area is 367 Å². The van der Waals surface area contributed by atoms with E-state index in [0.29, 0.717) is 5.41 Å². The molecule has 61 heavy (non-hydrogen) atoms. The lowest BCUT2D eigenvalue weighted by Crippen LogP contribution is -2.73. The Morgan fingerprint density at radius 2 is 1.05 bits per heavy atom. The summed E-state index contributed by atoms with van der Waals surface area (Å²) in [4.78, 5) is 2.70. The maximum atomic E-state index is 2.76. The van der Waals surface area contributed by atoms with Crippen LogP contribution >= 0.6 is 0 Å². The van der Waals surface area contributed by atoms with Gasteiger partial charge in [-0.1, -0.05) is 137 Å². The SMILES string of the molecule is CC(C)(C)c1ccc(-c2cc3c(cc2N(c2ccc4c(c2)C(C)(C)CCC4(C)C)c2ccc4c(c2)C(C)(C)CCC4(C)C)-c2ccccc2C32C3CC4CC5CC2C53C4)cc1. The van der Waals surface area contributed by atoms with Crippen molar-refractivity contribution in [1.82, 2.24) is 0 Å². The Kier molecular flexibility index (Phi) is 7.53. The van der Waals surface area contributed by atoms with Crippen LogP contribution in [0, 0.1) is 29.1 Å². The van der Waals surface area contributed by atoms with Crippen LogP contribution in [0.4, 0.5) is 17.1 Å². The van der Waals surface area contributed by atoms with E-state index in [1.165, 1.54) is 118 Å². The van der Waals surface area contributed by atoms with Crippen molar-refractivity contribution < 1.29 is 0 Å². The first-order valence-electron chi connectivity index (χ1n) is 24.3. The second-order valence-electron chi connectivity index (χ2n) is 25.2. The molecule has 314 valence electrons. The molecule has 2 spiro atoms. The minimum Gasteiger partial charge on any atom is -0.310 e. The maximum absolute atomic E-state index is 2.76. The van der Waals surface area contributed by atoms with Gasteiger partial charge in [-0.3, -0.25) is 0 Å².